The zero-order valence-electron chi connectivity index (χ0n) is 41.1. The maximum Gasteiger partial charge on any atom is 0.306 e. The standard InChI is InChI=1S/C57H100O5/c1-4-7-10-13-16-19-22-24-26-28-29-31-32-34-36-38-41-44-47-50-56(58)61-54-55(53-60-52-49-46-43-40-21-18-15-12-9-6-3)62-57(59)51-48-45-42-39-37-35-33-30-27-25-23-20-17-14-11-8-5-2/h8,11,16-17,19-20,24-27,29,31,55H,4-7,9-10,12-15,18,21-23,28,30,32-54H2,1-3H3/b11-8-,19-16-,20-17-,26-24-,27-25-,31-29-. The SMILES string of the molecule is CC/C=C\C/C=C\C/C=C\CCCCCCCCCC(=O)OC(COCCCCCCCCCCCC)COC(=O)CCCCCCCC/C=C\C/C=C\C/C=C\CCCCC. The summed E-state index contributed by atoms with van der Waals surface area (Å²) < 4.78 is 17.4. The van der Waals surface area contributed by atoms with Crippen LogP contribution in [0.4, 0.5) is 0 Å². The fraction of sp³-hybridized carbons (Fsp3) is 0.754. The van der Waals surface area contributed by atoms with Crippen LogP contribution in [0.2, 0.25) is 0 Å². The minimum atomic E-state index is -0.546. The third kappa shape index (κ3) is 50.0. The fourth-order valence-corrected chi connectivity index (χ4v) is 7.30. The summed E-state index contributed by atoms with van der Waals surface area (Å²) in [5.74, 6) is -0.418. The summed E-state index contributed by atoms with van der Waals surface area (Å²) in [5.41, 5.74) is 0. The first-order chi connectivity index (χ1) is 30.6. The lowest BCUT2D eigenvalue weighted by Crippen LogP contribution is -2.30. The summed E-state index contributed by atoms with van der Waals surface area (Å²) in [6.45, 7) is 7.68. The second-order valence-electron chi connectivity index (χ2n) is 17.4. The van der Waals surface area contributed by atoms with Crippen LogP contribution in [0.3, 0.4) is 0 Å². The quantitative estimate of drug-likeness (QED) is 0.0346. The van der Waals surface area contributed by atoms with Crippen molar-refractivity contribution in [1.29, 1.82) is 0 Å². The summed E-state index contributed by atoms with van der Waals surface area (Å²) >= 11 is 0. The molecular formula is C57H100O5. The molecule has 0 aliphatic carbocycles. The lowest BCUT2D eigenvalue weighted by atomic mass is 10.1. The minimum absolute atomic E-state index is 0.0740. The molecule has 5 heteroatoms. The summed E-state index contributed by atoms with van der Waals surface area (Å²) in [7, 11) is 0. The maximum atomic E-state index is 12.8. The van der Waals surface area contributed by atoms with Gasteiger partial charge in [0.2, 0.25) is 0 Å². The molecule has 1 atom stereocenters. The number of rotatable bonds is 48. The zero-order valence-corrected chi connectivity index (χ0v) is 41.1. The van der Waals surface area contributed by atoms with Crippen molar-refractivity contribution in [2.45, 2.75) is 258 Å². The van der Waals surface area contributed by atoms with E-state index in [9.17, 15) is 9.59 Å². The molecule has 0 amide bonds. The molecule has 358 valence electrons. The highest BCUT2D eigenvalue weighted by Gasteiger charge is 2.17. The molecule has 0 aliphatic rings. The molecule has 62 heavy (non-hydrogen) atoms. The van der Waals surface area contributed by atoms with Crippen molar-refractivity contribution in [2.75, 3.05) is 19.8 Å². The number of carbonyl (C=O) groups excluding carboxylic acids is 2. The first-order valence-electron chi connectivity index (χ1n) is 26.5. The number of esters is 2. The Labute approximate surface area is 385 Å². The Bertz CT molecular complexity index is 1110. The Hall–Kier alpha value is -2.66. The van der Waals surface area contributed by atoms with E-state index < -0.39 is 6.10 Å². The summed E-state index contributed by atoms with van der Waals surface area (Å²) in [5, 5.41) is 0. The van der Waals surface area contributed by atoms with Gasteiger partial charge in [0.1, 0.15) is 6.61 Å². The molecule has 0 saturated carbocycles. The van der Waals surface area contributed by atoms with Crippen molar-refractivity contribution in [2.24, 2.45) is 0 Å². The molecule has 0 aromatic carbocycles. The molecule has 0 bridgehead atoms. The summed E-state index contributed by atoms with van der Waals surface area (Å²) in [6.07, 6.45) is 67.6. The van der Waals surface area contributed by atoms with Crippen molar-refractivity contribution in [3.8, 4) is 0 Å². The Morgan fingerprint density at radius 1 is 0.371 bits per heavy atom. The van der Waals surface area contributed by atoms with Crippen molar-refractivity contribution >= 4 is 11.9 Å². The molecule has 0 aromatic heterocycles. The number of ether oxygens (including phenoxy) is 3. The zero-order chi connectivity index (χ0) is 44.9. The summed E-state index contributed by atoms with van der Waals surface area (Å²) in [6, 6.07) is 0. The molecule has 0 radical (unpaired) electrons. The van der Waals surface area contributed by atoms with E-state index >= 15 is 0 Å². The lowest BCUT2D eigenvalue weighted by molar-refractivity contribution is -0.163. The van der Waals surface area contributed by atoms with Gasteiger partial charge in [0.05, 0.1) is 6.61 Å². The largest absolute Gasteiger partial charge is 0.462 e. The van der Waals surface area contributed by atoms with Gasteiger partial charge in [0.25, 0.3) is 0 Å². The number of allylic oxidation sites excluding steroid dienone is 12. The molecule has 0 aromatic rings. The van der Waals surface area contributed by atoms with E-state index in [1.807, 2.05) is 0 Å². The maximum absolute atomic E-state index is 12.8. The van der Waals surface area contributed by atoms with Crippen LogP contribution in [0.5, 0.6) is 0 Å². The van der Waals surface area contributed by atoms with Gasteiger partial charge in [-0.3, -0.25) is 9.59 Å². The van der Waals surface area contributed by atoms with Crippen LogP contribution in [0.25, 0.3) is 0 Å². The Morgan fingerprint density at radius 3 is 1.19 bits per heavy atom. The Morgan fingerprint density at radius 2 is 0.726 bits per heavy atom. The van der Waals surface area contributed by atoms with Crippen molar-refractivity contribution in [3.63, 3.8) is 0 Å². The van der Waals surface area contributed by atoms with E-state index in [0.29, 0.717) is 19.4 Å². The van der Waals surface area contributed by atoms with Gasteiger partial charge in [-0.15, -0.1) is 0 Å². The molecule has 0 saturated heterocycles. The predicted molar refractivity (Wildman–Crippen MR) is 270 cm³/mol. The van der Waals surface area contributed by atoms with Crippen LogP contribution in [0, 0.1) is 0 Å². The third-order valence-electron chi connectivity index (χ3n) is 11.2. The van der Waals surface area contributed by atoms with Crippen molar-refractivity contribution < 1.29 is 23.8 Å². The van der Waals surface area contributed by atoms with Gasteiger partial charge in [-0.1, -0.05) is 222 Å². The number of unbranched alkanes of at least 4 members (excludes halogenated alkanes) is 25. The van der Waals surface area contributed by atoms with E-state index in [1.165, 1.54) is 122 Å². The van der Waals surface area contributed by atoms with Crippen LogP contribution < -0.4 is 0 Å². The van der Waals surface area contributed by atoms with Crippen molar-refractivity contribution in [1.82, 2.24) is 0 Å². The van der Waals surface area contributed by atoms with E-state index in [-0.39, 0.29) is 25.2 Å². The molecule has 0 N–H and O–H groups in total. The lowest BCUT2D eigenvalue weighted by Gasteiger charge is -2.18. The van der Waals surface area contributed by atoms with Crippen LogP contribution in [0.1, 0.15) is 252 Å². The highest BCUT2D eigenvalue weighted by atomic mass is 16.6. The molecule has 0 rings (SSSR count). The van der Waals surface area contributed by atoms with E-state index in [2.05, 4.69) is 93.7 Å². The smallest absolute Gasteiger partial charge is 0.306 e. The first-order valence-corrected chi connectivity index (χ1v) is 26.5. The normalized spacial score (nSPS) is 12.8. The number of hydrogen-bond acceptors (Lipinski definition) is 5. The third-order valence-corrected chi connectivity index (χ3v) is 11.2. The van der Waals surface area contributed by atoms with Gasteiger partial charge in [0, 0.05) is 19.4 Å². The second kappa shape index (κ2) is 52.7. The first kappa shape index (κ1) is 59.3. The summed E-state index contributed by atoms with van der Waals surface area (Å²) in [4.78, 5) is 25.4. The molecule has 0 heterocycles. The van der Waals surface area contributed by atoms with Gasteiger partial charge in [-0.25, -0.2) is 0 Å². The Balaban J connectivity index is 4.25. The number of hydrogen-bond donors (Lipinski definition) is 0. The molecule has 5 nitrogen and oxygen atoms in total. The molecule has 0 fully saturated rings. The molecule has 1 unspecified atom stereocenters. The predicted octanol–water partition coefficient (Wildman–Crippen LogP) is 17.9. The van der Waals surface area contributed by atoms with Crippen LogP contribution in [-0.4, -0.2) is 37.9 Å². The Kier molecular flexibility index (Phi) is 50.4. The fourth-order valence-electron chi connectivity index (χ4n) is 7.30. The van der Waals surface area contributed by atoms with Gasteiger partial charge < -0.3 is 14.2 Å². The average Bonchev–Trinajstić information content (AvgIpc) is 3.27. The molecule has 0 spiro atoms. The van der Waals surface area contributed by atoms with E-state index in [0.717, 1.165) is 96.3 Å². The van der Waals surface area contributed by atoms with Gasteiger partial charge in [-0.2, -0.15) is 0 Å². The highest BCUT2D eigenvalue weighted by molar-refractivity contribution is 5.70. The van der Waals surface area contributed by atoms with Gasteiger partial charge in [0.15, 0.2) is 6.10 Å². The highest BCUT2D eigenvalue weighted by Crippen LogP contribution is 2.14. The van der Waals surface area contributed by atoms with Crippen LogP contribution >= 0.6 is 0 Å². The van der Waals surface area contributed by atoms with Crippen molar-refractivity contribution in [3.05, 3.63) is 72.9 Å². The molecule has 0 aliphatic heterocycles. The number of carbonyl (C=O) groups is 2. The van der Waals surface area contributed by atoms with Gasteiger partial charge in [-0.05, 0) is 89.9 Å². The topological polar surface area (TPSA) is 61.8 Å². The van der Waals surface area contributed by atoms with Crippen LogP contribution in [0.15, 0.2) is 72.9 Å². The van der Waals surface area contributed by atoms with E-state index in [1.54, 1.807) is 0 Å². The minimum Gasteiger partial charge on any atom is -0.462 e. The second-order valence-corrected chi connectivity index (χ2v) is 17.4. The molecular weight excluding hydrogens is 765 g/mol. The van der Waals surface area contributed by atoms with Crippen LogP contribution in [-0.2, 0) is 23.8 Å². The monoisotopic (exact) mass is 865 g/mol. The van der Waals surface area contributed by atoms with E-state index in [4.69, 9.17) is 14.2 Å². The van der Waals surface area contributed by atoms with Gasteiger partial charge >= 0.3 is 11.9 Å². The average molecular weight is 865 g/mol.